The molecule has 0 heterocycles. The Labute approximate surface area is 207 Å². The van der Waals surface area contributed by atoms with Crippen molar-refractivity contribution in [2.24, 2.45) is 5.10 Å². The van der Waals surface area contributed by atoms with Gasteiger partial charge in [0.2, 0.25) is 0 Å². The molecule has 168 valence electrons. The number of nitrogens with zero attached hydrogens (tertiary/aromatic N) is 1. The van der Waals surface area contributed by atoms with Crippen molar-refractivity contribution in [3.8, 4) is 5.75 Å². The number of hydrazone groups is 1. The molecule has 3 aromatic rings. The molecular weight excluding hydrogens is 533 g/mol. The lowest BCUT2D eigenvalue weighted by Gasteiger charge is -2.09. The number of carbonyl (C=O) groups is 3. The Morgan fingerprint density at radius 1 is 1.00 bits per heavy atom. The van der Waals surface area contributed by atoms with Crippen molar-refractivity contribution in [3.05, 3.63) is 97.9 Å². The van der Waals surface area contributed by atoms with Gasteiger partial charge in [0, 0.05) is 20.6 Å². The maximum absolute atomic E-state index is 12.5. The minimum atomic E-state index is -0.633. The molecule has 0 aliphatic rings. The zero-order chi connectivity index (χ0) is 23.8. The van der Waals surface area contributed by atoms with Crippen molar-refractivity contribution in [2.45, 2.75) is 0 Å². The summed E-state index contributed by atoms with van der Waals surface area (Å²) in [4.78, 5) is 36.5. The summed E-state index contributed by atoms with van der Waals surface area (Å²) < 4.78 is 6.16. The minimum absolute atomic E-state index is 0.217. The zero-order valence-electron chi connectivity index (χ0n) is 16.8. The summed E-state index contributed by atoms with van der Waals surface area (Å²) >= 11 is 15.2. The number of ether oxygens (including phenoxy) is 1. The van der Waals surface area contributed by atoms with E-state index in [2.05, 4.69) is 31.8 Å². The smallest absolute Gasteiger partial charge is 0.345 e. The second-order valence-electron chi connectivity index (χ2n) is 6.53. The molecular formula is C23H16BrCl2N3O4. The molecule has 0 aromatic heterocycles. The molecule has 33 heavy (non-hydrogen) atoms. The van der Waals surface area contributed by atoms with Gasteiger partial charge in [-0.1, -0.05) is 51.3 Å². The highest BCUT2D eigenvalue weighted by Crippen LogP contribution is 2.24. The average molecular weight is 549 g/mol. The normalized spacial score (nSPS) is 10.6. The molecule has 0 saturated heterocycles. The first-order chi connectivity index (χ1) is 15.8. The van der Waals surface area contributed by atoms with Crippen LogP contribution in [0.1, 0.15) is 26.3 Å². The minimum Gasteiger partial charge on any atom is -0.422 e. The van der Waals surface area contributed by atoms with Crippen molar-refractivity contribution in [3.63, 3.8) is 0 Å². The number of nitrogens with one attached hydrogen (secondary N) is 2. The van der Waals surface area contributed by atoms with E-state index in [0.717, 1.165) is 0 Å². The van der Waals surface area contributed by atoms with E-state index in [9.17, 15) is 14.4 Å². The second-order valence-corrected chi connectivity index (χ2v) is 8.29. The van der Waals surface area contributed by atoms with E-state index < -0.39 is 17.8 Å². The number of rotatable bonds is 7. The van der Waals surface area contributed by atoms with E-state index in [1.54, 1.807) is 66.7 Å². The number of hydrogen-bond acceptors (Lipinski definition) is 5. The fourth-order valence-corrected chi connectivity index (χ4v) is 3.29. The van der Waals surface area contributed by atoms with Gasteiger partial charge in [0.15, 0.2) is 0 Å². The van der Waals surface area contributed by atoms with E-state index in [0.29, 0.717) is 20.6 Å². The van der Waals surface area contributed by atoms with Crippen LogP contribution in [0.3, 0.4) is 0 Å². The van der Waals surface area contributed by atoms with Crippen LogP contribution in [0.4, 0.5) is 0 Å². The third-order valence-electron chi connectivity index (χ3n) is 4.18. The Balaban J connectivity index is 1.60. The summed E-state index contributed by atoms with van der Waals surface area (Å²) in [7, 11) is 0. The van der Waals surface area contributed by atoms with Crippen LogP contribution >= 0.6 is 39.1 Å². The highest BCUT2D eigenvalue weighted by atomic mass is 79.9. The number of amides is 2. The van der Waals surface area contributed by atoms with Gasteiger partial charge in [-0.15, -0.1) is 0 Å². The first-order valence-corrected chi connectivity index (χ1v) is 11.0. The molecule has 0 bridgehead atoms. The summed E-state index contributed by atoms with van der Waals surface area (Å²) in [5, 5.41) is 7.12. The van der Waals surface area contributed by atoms with Crippen LogP contribution in [-0.2, 0) is 4.79 Å². The SMILES string of the molecule is O=C(CNC(=O)c1ccc(Cl)cc1)N/N=C/c1cc(Br)ccc1OC(=O)c1ccccc1Cl. The van der Waals surface area contributed by atoms with Gasteiger partial charge in [-0.2, -0.15) is 5.10 Å². The molecule has 3 rings (SSSR count). The predicted octanol–water partition coefficient (Wildman–Crippen LogP) is 4.86. The molecule has 7 nitrogen and oxygen atoms in total. The first kappa shape index (κ1) is 24.4. The number of halogens is 3. The lowest BCUT2D eigenvalue weighted by atomic mass is 10.2. The van der Waals surface area contributed by atoms with Crippen molar-refractivity contribution in [2.75, 3.05) is 6.54 Å². The van der Waals surface area contributed by atoms with Crippen LogP contribution in [-0.4, -0.2) is 30.5 Å². The summed E-state index contributed by atoms with van der Waals surface area (Å²) in [6.07, 6.45) is 1.32. The van der Waals surface area contributed by atoms with Gasteiger partial charge in [-0.25, -0.2) is 10.2 Å². The molecule has 3 aromatic carbocycles. The largest absolute Gasteiger partial charge is 0.422 e. The Kier molecular flexibility index (Phi) is 8.59. The van der Waals surface area contributed by atoms with Gasteiger partial charge in [-0.3, -0.25) is 9.59 Å². The highest BCUT2D eigenvalue weighted by Gasteiger charge is 2.14. The maximum Gasteiger partial charge on any atom is 0.345 e. The molecule has 2 N–H and O–H groups in total. The van der Waals surface area contributed by atoms with Gasteiger partial charge in [0.05, 0.1) is 23.3 Å². The first-order valence-electron chi connectivity index (χ1n) is 9.45. The van der Waals surface area contributed by atoms with Crippen LogP contribution < -0.4 is 15.5 Å². The molecule has 2 amide bonds. The predicted molar refractivity (Wildman–Crippen MR) is 130 cm³/mol. The van der Waals surface area contributed by atoms with E-state index in [1.807, 2.05) is 0 Å². The van der Waals surface area contributed by atoms with Crippen LogP contribution in [0.15, 0.2) is 76.3 Å². The molecule has 0 radical (unpaired) electrons. The topological polar surface area (TPSA) is 96.9 Å². The van der Waals surface area contributed by atoms with E-state index in [1.165, 1.54) is 6.21 Å². The van der Waals surface area contributed by atoms with Gasteiger partial charge in [-0.05, 0) is 54.6 Å². The molecule has 0 saturated carbocycles. The van der Waals surface area contributed by atoms with Crippen molar-refractivity contribution in [1.82, 2.24) is 10.7 Å². The molecule has 0 aliphatic heterocycles. The lowest BCUT2D eigenvalue weighted by molar-refractivity contribution is -0.120. The van der Waals surface area contributed by atoms with Crippen LogP contribution in [0.25, 0.3) is 0 Å². The van der Waals surface area contributed by atoms with E-state index >= 15 is 0 Å². The Morgan fingerprint density at radius 2 is 1.73 bits per heavy atom. The van der Waals surface area contributed by atoms with Crippen LogP contribution in [0.5, 0.6) is 5.75 Å². The zero-order valence-corrected chi connectivity index (χ0v) is 19.9. The fourth-order valence-electron chi connectivity index (χ4n) is 2.57. The Hall–Kier alpha value is -3.20. The van der Waals surface area contributed by atoms with Crippen molar-refractivity contribution in [1.29, 1.82) is 0 Å². The van der Waals surface area contributed by atoms with Crippen molar-refractivity contribution < 1.29 is 19.1 Å². The molecule has 0 atom stereocenters. The van der Waals surface area contributed by atoms with Crippen molar-refractivity contribution >= 4 is 63.1 Å². The van der Waals surface area contributed by atoms with Gasteiger partial charge >= 0.3 is 5.97 Å². The summed E-state index contributed by atoms with van der Waals surface area (Å²) in [5.74, 6) is -1.38. The standard InChI is InChI=1S/C23H16BrCl2N3O4/c24-16-7-10-20(33-23(32)18-3-1-2-4-19(18)26)15(11-16)12-28-29-21(30)13-27-22(31)14-5-8-17(25)9-6-14/h1-12H,13H2,(H,27,31)(H,29,30)/b28-12+. The summed E-state index contributed by atoms with van der Waals surface area (Å²) in [6.45, 7) is -0.286. The molecule has 10 heteroatoms. The van der Waals surface area contributed by atoms with E-state index in [-0.39, 0.29) is 22.9 Å². The second kappa shape index (κ2) is 11.6. The van der Waals surface area contributed by atoms with E-state index in [4.69, 9.17) is 27.9 Å². The molecule has 0 spiro atoms. The molecule has 0 fully saturated rings. The maximum atomic E-state index is 12.5. The number of esters is 1. The highest BCUT2D eigenvalue weighted by molar-refractivity contribution is 9.10. The quantitative estimate of drug-likeness (QED) is 0.191. The van der Waals surface area contributed by atoms with Gasteiger partial charge in [0.1, 0.15) is 5.75 Å². The fraction of sp³-hybridized carbons (Fsp3) is 0.0435. The molecule has 0 aliphatic carbocycles. The average Bonchev–Trinajstić information content (AvgIpc) is 2.80. The monoisotopic (exact) mass is 547 g/mol. The third kappa shape index (κ3) is 7.15. The summed E-state index contributed by atoms with van der Waals surface area (Å²) in [5.41, 5.74) is 3.32. The van der Waals surface area contributed by atoms with Crippen LogP contribution in [0, 0.1) is 0 Å². The lowest BCUT2D eigenvalue weighted by Crippen LogP contribution is -2.34. The molecule has 0 unspecified atom stereocenters. The number of hydrogen-bond donors (Lipinski definition) is 2. The van der Waals surface area contributed by atoms with Crippen LogP contribution in [0.2, 0.25) is 10.0 Å². The number of benzene rings is 3. The Bertz CT molecular complexity index is 1220. The summed E-state index contributed by atoms with van der Waals surface area (Å²) in [6, 6.07) is 17.7. The van der Waals surface area contributed by atoms with Gasteiger partial charge < -0.3 is 10.1 Å². The third-order valence-corrected chi connectivity index (χ3v) is 5.25. The van der Waals surface area contributed by atoms with Gasteiger partial charge in [0.25, 0.3) is 11.8 Å². The Morgan fingerprint density at radius 3 is 2.45 bits per heavy atom. The number of carbonyl (C=O) groups excluding carboxylic acids is 3.